The molecular formula is C21H21N3O3. The van der Waals surface area contributed by atoms with Crippen molar-refractivity contribution in [3.63, 3.8) is 0 Å². The van der Waals surface area contributed by atoms with E-state index in [9.17, 15) is 4.79 Å². The SMILES string of the molecule is Cc1ccccc1C(C)NC(=O)c1cn[nH]c1-c1ccc2c(c1)OCCO2. The molecule has 1 unspecified atom stereocenters. The van der Waals surface area contributed by atoms with Crippen molar-refractivity contribution in [3.8, 4) is 22.8 Å². The van der Waals surface area contributed by atoms with E-state index in [4.69, 9.17) is 9.47 Å². The first-order valence-corrected chi connectivity index (χ1v) is 8.93. The number of hydrogen-bond acceptors (Lipinski definition) is 4. The Morgan fingerprint density at radius 1 is 1.15 bits per heavy atom. The van der Waals surface area contributed by atoms with E-state index in [1.54, 1.807) is 6.20 Å². The predicted octanol–water partition coefficient (Wildman–Crippen LogP) is 3.65. The number of nitrogens with one attached hydrogen (secondary N) is 2. The van der Waals surface area contributed by atoms with Gasteiger partial charge in [0.1, 0.15) is 13.2 Å². The van der Waals surface area contributed by atoms with Crippen LogP contribution >= 0.6 is 0 Å². The molecule has 1 aliphatic heterocycles. The van der Waals surface area contributed by atoms with E-state index >= 15 is 0 Å². The second-order valence-electron chi connectivity index (χ2n) is 6.57. The fraction of sp³-hybridized carbons (Fsp3) is 0.238. The lowest BCUT2D eigenvalue weighted by molar-refractivity contribution is 0.0940. The molecule has 6 nitrogen and oxygen atoms in total. The molecule has 1 aliphatic rings. The van der Waals surface area contributed by atoms with Crippen molar-refractivity contribution >= 4 is 5.91 Å². The second-order valence-corrected chi connectivity index (χ2v) is 6.57. The first-order chi connectivity index (χ1) is 13.1. The van der Waals surface area contributed by atoms with Gasteiger partial charge >= 0.3 is 0 Å². The Bertz CT molecular complexity index is 980. The zero-order chi connectivity index (χ0) is 18.8. The van der Waals surface area contributed by atoms with E-state index in [0.29, 0.717) is 36.0 Å². The number of H-pyrrole nitrogens is 1. The van der Waals surface area contributed by atoms with Gasteiger partial charge in [-0.25, -0.2) is 0 Å². The van der Waals surface area contributed by atoms with Gasteiger partial charge in [-0.1, -0.05) is 24.3 Å². The lowest BCUT2D eigenvalue weighted by Crippen LogP contribution is -2.27. The highest BCUT2D eigenvalue weighted by Crippen LogP contribution is 2.35. The molecule has 2 heterocycles. The fourth-order valence-electron chi connectivity index (χ4n) is 3.30. The maximum absolute atomic E-state index is 12.9. The topological polar surface area (TPSA) is 76.2 Å². The smallest absolute Gasteiger partial charge is 0.255 e. The highest BCUT2D eigenvalue weighted by Gasteiger charge is 2.20. The largest absolute Gasteiger partial charge is 0.486 e. The number of fused-ring (bicyclic) bond motifs is 1. The van der Waals surface area contributed by atoms with Crippen LogP contribution in [0.4, 0.5) is 0 Å². The zero-order valence-electron chi connectivity index (χ0n) is 15.3. The fourth-order valence-corrected chi connectivity index (χ4v) is 3.30. The van der Waals surface area contributed by atoms with E-state index in [-0.39, 0.29) is 11.9 Å². The Morgan fingerprint density at radius 2 is 1.93 bits per heavy atom. The van der Waals surface area contributed by atoms with E-state index < -0.39 is 0 Å². The zero-order valence-corrected chi connectivity index (χ0v) is 15.3. The van der Waals surface area contributed by atoms with E-state index in [0.717, 1.165) is 16.7 Å². The summed E-state index contributed by atoms with van der Waals surface area (Å²) < 4.78 is 11.2. The van der Waals surface area contributed by atoms with E-state index in [1.165, 1.54) is 0 Å². The van der Waals surface area contributed by atoms with Gasteiger partial charge in [0.15, 0.2) is 11.5 Å². The van der Waals surface area contributed by atoms with Crippen LogP contribution in [0, 0.1) is 6.92 Å². The van der Waals surface area contributed by atoms with Crippen LogP contribution in [0.1, 0.15) is 34.5 Å². The standard InChI is InChI=1S/C21H21N3O3/c1-13-5-3-4-6-16(13)14(2)23-21(25)17-12-22-24-20(17)15-7-8-18-19(11-15)27-10-9-26-18/h3-8,11-12,14H,9-10H2,1-2H3,(H,22,24)(H,23,25). The molecule has 1 aromatic heterocycles. The second kappa shape index (κ2) is 7.15. The Hall–Kier alpha value is -3.28. The minimum Gasteiger partial charge on any atom is -0.486 e. The van der Waals surface area contributed by atoms with Gasteiger partial charge in [0.25, 0.3) is 5.91 Å². The number of aromatic amines is 1. The van der Waals surface area contributed by atoms with Gasteiger partial charge in [-0.2, -0.15) is 5.10 Å². The molecule has 4 rings (SSSR count). The molecule has 0 radical (unpaired) electrons. The van der Waals surface area contributed by atoms with Crippen molar-refractivity contribution in [1.29, 1.82) is 0 Å². The average Bonchev–Trinajstić information content (AvgIpc) is 3.18. The first kappa shape index (κ1) is 17.1. The molecule has 1 atom stereocenters. The molecule has 138 valence electrons. The van der Waals surface area contributed by atoms with Gasteiger partial charge in [0.05, 0.1) is 23.5 Å². The summed E-state index contributed by atoms with van der Waals surface area (Å²) in [6.45, 7) is 5.07. The van der Waals surface area contributed by atoms with Gasteiger partial charge in [0, 0.05) is 5.56 Å². The minimum atomic E-state index is -0.176. The maximum Gasteiger partial charge on any atom is 0.255 e. The summed E-state index contributed by atoms with van der Waals surface area (Å²) in [7, 11) is 0. The number of amides is 1. The van der Waals surface area contributed by atoms with Crippen LogP contribution in [0.3, 0.4) is 0 Å². The molecule has 3 aromatic rings. The third-order valence-electron chi connectivity index (χ3n) is 4.72. The third-order valence-corrected chi connectivity index (χ3v) is 4.72. The van der Waals surface area contributed by atoms with Crippen molar-refractivity contribution in [2.24, 2.45) is 0 Å². The number of hydrogen-bond donors (Lipinski definition) is 2. The predicted molar refractivity (Wildman–Crippen MR) is 102 cm³/mol. The van der Waals surface area contributed by atoms with Crippen LogP contribution in [-0.4, -0.2) is 29.3 Å². The molecule has 0 spiro atoms. The van der Waals surface area contributed by atoms with Crippen LogP contribution in [0.25, 0.3) is 11.3 Å². The summed E-state index contributed by atoms with van der Waals surface area (Å²) in [6, 6.07) is 13.5. The van der Waals surface area contributed by atoms with E-state index in [2.05, 4.69) is 15.5 Å². The molecule has 2 N–H and O–H groups in total. The summed E-state index contributed by atoms with van der Waals surface area (Å²) >= 11 is 0. The number of aryl methyl sites for hydroxylation is 1. The highest BCUT2D eigenvalue weighted by atomic mass is 16.6. The summed E-state index contributed by atoms with van der Waals surface area (Å²) in [5.74, 6) is 1.21. The third kappa shape index (κ3) is 3.38. The quantitative estimate of drug-likeness (QED) is 0.742. The van der Waals surface area contributed by atoms with Crippen molar-refractivity contribution in [3.05, 3.63) is 65.4 Å². The molecule has 0 fully saturated rings. The lowest BCUT2D eigenvalue weighted by Gasteiger charge is -2.19. The Balaban J connectivity index is 1.58. The van der Waals surface area contributed by atoms with Crippen LogP contribution in [0.2, 0.25) is 0 Å². The van der Waals surface area contributed by atoms with Crippen molar-refractivity contribution in [2.45, 2.75) is 19.9 Å². The van der Waals surface area contributed by atoms with Crippen LogP contribution < -0.4 is 14.8 Å². The number of ether oxygens (including phenoxy) is 2. The van der Waals surface area contributed by atoms with Crippen LogP contribution in [0.5, 0.6) is 11.5 Å². The number of aromatic nitrogens is 2. The monoisotopic (exact) mass is 363 g/mol. The normalized spacial score (nSPS) is 13.9. The van der Waals surface area contributed by atoms with Crippen LogP contribution in [0.15, 0.2) is 48.7 Å². The highest BCUT2D eigenvalue weighted by molar-refractivity contribution is 6.00. The number of nitrogens with zero attached hydrogens (tertiary/aromatic N) is 1. The molecular weight excluding hydrogens is 342 g/mol. The summed E-state index contributed by atoms with van der Waals surface area (Å²) in [5, 5.41) is 10.1. The van der Waals surface area contributed by atoms with Gasteiger partial charge in [0.2, 0.25) is 0 Å². The van der Waals surface area contributed by atoms with Crippen molar-refractivity contribution in [1.82, 2.24) is 15.5 Å². The van der Waals surface area contributed by atoms with Gasteiger partial charge in [-0.3, -0.25) is 9.89 Å². The van der Waals surface area contributed by atoms with E-state index in [1.807, 2.05) is 56.3 Å². The average molecular weight is 363 g/mol. The Morgan fingerprint density at radius 3 is 2.74 bits per heavy atom. The van der Waals surface area contributed by atoms with Crippen molar-refractivity contribution < 1.29 is 14.3 Å². The minimum absolute atomic E-state index is 0.110. The first-order valence-electron chi connectivity index (χ1n) is 8.93. The molecule has 6 heteroatoms. The molecule has 0 bridgehead atoms. The molecule has 0 saturated carbocycles. The molecule has 27 heavy (non-hydrogen) atoms. The maximum atomic E-state index is 12.9. The number of carbonyl (C=O) groups is 1. The molecule has 0 saturated heterocycles. The number of carbonyl (C=O) groups excluding carboxylic acids is 1. The van der Waals surface area contributed by atoms with Crippen molar-refractivity contribution in [2.75, 3.05) is 13.2 Å². The summed E-state index contributed by atoms with van der Waals surface area (Å²) in [5.41, 5.74) is 4.21. The number of rotatable bonds is 4. The van der Waals surface area contributed by atoms with Gasteiger partial charge in [-0.05, 0) is 43.2 Å². The Labute approximate surface area is 157 Å². The number of benzene rings is 2. The summed E-state index contributed by atoms with van der Waals surface area (Å²) in [4.78, 5) is 12.9. The van der Waals surface area contributed by atoms with Gasteiger partial charge in [-0.15, -0.1) is 0 Å². The molecule has 2 aromatic carbocycles. The Kier molecular flexibility index (Phi) is 4.54. The summed E-state index contributed by atoms with van der Waals surface area (Å²) in [6.07, 6.45) is 1.55. The van der Waals surface area contributed by atoms with Gasteiger partial charge < -0.3 is 14.8 Å². The van der Waals surface area contributed by atoms with Crippen LogP contribution in [-0.2, 0) is 0 Å². The molecule has 0 aliphatic carbocycles. The lowest BCUT2D eigenvalue weighted by atomic mass is 10.0. The molecule has 1 amide bonds.